The number of aryl methyl sites for hydroxylation is 1. The molecule has 0 saturated carbocycles. The maximum absolute atomic E-state index is 14.5. The van der Waals surface area contributed by atoms with Gasteiger partial charge in [0.05, 0.1) is 80.5 Å². The third-order valence-electron chi connectivity index (χ3n) is 18.6. The van der Waals surface area contributed by atoms with E-state index in [1.54, 1.807) is 0 Å². The average Bonchev–Trinajstić information content (AvgIpc) is 1.66. The standard InChI is InChI=1S/C71H108N28O17/c1-3-4-5-12-45(76)67(112)87-47(15-8-11-19-74)51(101)31-50(100)46(14-7-10-18-73)86-58(105)36-95(62(109)40-99-42-85-64-49(99)30-54(79)89-69(64)114)27-22-82-56(103)34-93(60(107)38-97-32-43(2)65(110)91-71(97)116)26-21-81-55(102)33-92(59(106)37-96-24-16-52(77)90-70(96)115)25-20-80-57(104)35-94(28-23-83-66(111)44(75)13-6-9-17-72)61(108)39-98-41-84-63-48(98)29-53(78)88-68(63)113/h16,24,29-30,32,41-42,44-47H,3-15,17-23,25-28,31,33-40,72-76H2,1-2H3,(H,80,104)(H,81,102)(H,82,103)(H,83,111)(H,86,105)(H,87,112)(H2,77,90,115)(H3,78,88,113)(H3,79,89,114)(H,91,110,116)/t44-,45+,46-,47+/m0/s1. The van der Waals surface area contributed by atoms with E-state index in [0.29, 0.717) is 70.9 Å². The van der Waals surface area contributed by atoms with Gasteiger partial charge in [0.25, 0.3) is 16.7 Å². The summed E-state index contributed by atoms with van der Waals surface area (Å²) in [6.45, 7) is -4.21. The fourth-order valence-electron chi connectivity index (χ4n) is 12.1. The number of aromatic amines is 3. The molecule has 45 nitrogen and oxygen atoms in total. The van der Waals surface area contributed by atoms with Gasteiger partial charge >= 0.3 is 11.4 Å². The summed E-state index contributed by atoms with van der Waals surface area (Å²) in [6.07, 6.45) is 10.1. The molecule has 634 valence electrons. The number of amides is 10. The number of Topliss-reactive ketones (excluding diaryl/α,β-unsaturated/α-hetero) is 2. The molecule has 0 radical (unpaired) electrons. The Hall–Kier alpha value is -12.4. The fourth-order valence-corrected chi connectivity index (χ4v) is 12.1. The highest BCUT2D eigenvalue weighted by Crippen LogP contribution is 2.16. The van der Waals surface area contributed by atoms with Gasteiger partial charge in [-0.3, -0.25) is 86.0 Å². The number of aromatic nitrogens is 10. The third-order valence-corrected chi connectivity index (χ3v) is 18.6. The van der Waals surface area contributed by atoms with Crippen molar-refractivity contribution in [2.45, 2.75) is 154 Å². The predicted octanol–water partition coefficient (Wildman–Crippen LogP) is -7.78. The highest BCUT2D eigenvalue weighted by Gasteiger charge is 2.31. The highest BCUT2D eigenvalue weighted by atomic mass is 16.2. The molecule has 0 spiro atoms. The van der Waals surface area contributed by atoms with E-state index in [4.69, 9.17) is 45.9 Å². The van der Waals surface area contributed by atoms with Gasteiger partial charge in [0, 0.05) is 82.4 Å². The van der Waals surface area contributed by atoms with E-state index >= 15 is 0 Å². The third kappa shape index (κ3) is 29.6. The molecular weight excluding hydrogens is 1520 g/mol. The van der Waals surface area contributed by atoms with E-state index in [-0.39, 0.29) is 84.1 Å². The second-order valence-electron chi connectivity index (χ2n) is 27.7. The number of nitrogen functional groups attached to an aromatic ring is 3. The van der Waals surface area contributed by atoms with Crippen LogP contribution < -0.4 is 106 Å². The van der Waals surface area contributed by atoms with Crippen molar-refractivity contribution in [3.63, 3.8) is 0 Å². The van der Waals surface area contributed by atoms with Crippen LogP contribution in [0.2, 0.25) is 0 Å². The molecule has 0 saturated heterocycles. The summed E-state index contributed by atoms with van der Waals surface area (Å²) in [4.78, 5) is 253. The molecule has 6 rings (SSSR count). The number of H-pyrrole nitrogens is 3. The molecule has 0 aliphatic carbocycles. The van der Waals surface area contributed by atoms with Gasteiger partial charge in [0.2, 0.25) is 59.1 Å². The Morgan fingerprint density at radius 2 is 0.871 bits per heavy atom. The number of nitrogens with two attached hydrogens (primary N) is 8. The van der Waals surface area contributed by atoms with Crippen LogP contribution >= 0.6 is 0 Å². The summed E-state index contributed by atoms with van der Waals surface area (Å²) in [5.74, 6) is -9.39. The van der Waals surface area contributed by atoms with E-state index in [2.05, 4.69) is 61.8 Å². The van der Waals surface area contributed by atoms with Crippen LogP contribution in [-0.2, 0) is 83.7 Å². The topological polar surface area (TPSA) is 689 Å². The fraction of sp³-hybridized carbons (Fsp3) is 0.549. The number of rotatable bonds is 52. The zero-order chi connectivity index (χ0) is 85.1. The lowest BCUT2D eigenvalue weighted by atomic mass is 9.95. The lowest BCUT2D eigenvalue weighted by molar-refractivity contribution is -0.138. The number of nitrogens with zero attached hydrogens (tertiary/aromatic N) is 11. The van der Waals surface area contributed by atoms with Crippen LogP contribution in [0.15, 0.2) is 67.2 Å². The first-order valence-electron chi connectivity index (χ1n) is 38.1. The maximum atomic E-state index is 14.5. The minimum atomic E-state index is -1.30. The lowest BCUT2D eigenvalue weighted by Crippen LogP contribution is -2.51. The zero-order valence-electron chi connectivity index (χ0n) is 65.2. The van der Waals surface area contributed by atoms with Crippen molar-refractivity contribution in [2.24, 2.45) is 28.7 Å². The number of pyridine rings is 2. The molecule has 25 N–H and O–H groups in total. The summed E-state index contributed by atoms with van der Waals surface area (Å²) in [5, 5.41) is 15.8. The van der Waals surface area contributed by atoms with E-state index < -0.39 is 214 Å². The summed E-state index contributed by atoms with van der Waals surface area (Å²) >= 11 is 0. The number of anilines is 3. The highest BCUT2D eigenvalue weighted by molar-refractivity contribution is 6.06. The summed E-state index contributed by atoms with van der Waals surface area (Å²) in [5.41, 5.74) is 43.2. The molecule has 45 heteroatoms. The molecule has 0 aliphatic heterocycles. The SMILES string of the molecule is CCCCC[C@@H](N)C(=O)N[C@H](CCCCN)C(=O)CC(=O)[C@H](CCCCN)NC(=O)CN(CCNC(=O)CN(CCNC(=O)CN(CCNC(=O)CN(CCNC(=O)[C@@H](N)CCCCN)C(=O)Cn1cnc2c(=O)[nH]c(N)cc21)C(=O)Cn1ccc(N)nc1=O)C(=O)Cn1cc(C)c(=O)[nH]c1=O)C(=O)Cn1cnc2c(=O)[nH]c(N)cc21. The summed E-state index contributed by atoms with van der Waals surface area (Å²) in [7, 11) is 0. The second-order valence-corrected chi connectivity index (χ2v) is 27.7. The Bertz CT molecular complexity index is 4740. The molecule has 0 fully saturated rings. The van der Waals surface area contributed by atoms with Crippen LogP contribution in [0, 0.1) is 6.92 Å². The van der Waals surface area contributed by atoms with Crippen molar-refractivity contribution in [1.82, 2.24) is 99.7 Å². The Labute approximate surface area is 663 Å². The first kappa shape index (κ1) is 92.5. The average molecular weight is 1630 g/mol. The number of fused-ring (bicyclic) bond motifs is 2. The Balaban J connectivity index is 1.18. The van der Waals surface area contributed by atoms with Gasteiger partial charge in [-0.15, -0.1) is 0 Å². The van der Waals surface area contributed by atoms with E-state index in [9.17, 15) is 81.5 Å². The summed E-state index contributed by atoms with van der Waals surface area (Å²) < 4.78 is 4.37. The predicted molar refractivity (Wildman–Crippen MR) is 424 cm³/mol. The molecule has 0 unspecified atom stereocenters. The monoisotopic (exact) mass is 1620 g/mol. The van der Waals surface area contributed by atoms with E-state index in [1.165, 1.54) is 53.1 Å². The number of nitrogens with one attached hydrogen (secondary N) is 9. The molecule has 0 bridgehead atoms. The first-order chi connectivity index (χ1) is 55.3. The minimum absolute atomic E-state index is 0.00942. The number of carbonyl (C=O) groups excluding carboxylic acids is 12. The van der Waals surface area contributed by atoms with Crippen LogP contribution in [0.25, 0.3) is 22.1 Å². The van der Waals surface area contributed by atoms with Crippen molar-refractivity contribution < 1.29 is 57.5 Å². The largest absolute Gasteiger partial charge is 0.385 e. The Morgan fingerprint density at radius 1 is 0.474 bits per heavy atom. The summed E-state index contributed by atoms with van der Waals surface area (Å²) in [6, 6.07) is -0.242. The van der Waals surface area contributed by atoms with E-state index in [0.717, 1.165) is 47.8 Å². The number of carbonyl (C=O) groups is 12. The van der Waals surface area contributed by atoms with Crippen molar-refractivity contribution in [1.29, 1.82) is 0 Å². The number of unbranched alkanes of at least 4 members (excludes halogenated alkanes) is 5. The smallest absolute Gasteiger partial charge is 0.349 e. The quantitative estimate of drug-likeness (QED) is 0.0125. The van der Waals surface area contributed by atoms with Gasteiger partial charge in [-0.2, -0.15) is 4.98 Å². The van der Waals surface area contributed by atoms with Crippen LogP contribution in [0.5, 0.6) is 0 Å². The first-order valence-corrected chi connectivity index (χ1v) is 38.1. The van der Waals surface area contributed by atoms with E-state index in [1.807, 2.05) is 6.92 Å². The van der Waals surface area contributed by atoms with Gasteiger partial charge in [0.15, 0.2) is 22.6 Å². The molecule has 6 aromatic heterocycles. The van der Waals surface area contributed by atoms with Gasteiger partial charge < -0.3 is 116 Å². The zero-order valence-corrected chi connectivity index (χ0v) is 65.2. The van der Waals surface area contributed by atoms with Crippen molar-refractivity contribution in [2.75, 3.05) is 115 Å². The second kappa shape index (κ2) is 46.7. The van der Waals surface area contributed by atoms with Crippen molar-refractivity contribution in [3.8, 4) is 0 Å². The van der Waals surface area contributed by atoms with Gasteiger partial charge in [-0.1, -0.05) is 32.6 Å². The maximum Gasteiger partial charge on any atom is 0.349 e. The molecule has 116 heavy (non-hydrogen) atoms. The van der Waals surface area contributed by atoms with Crippen LogP contribution in [0.4, 0.5) is 17.5 Å². The molecule has 6 aromatic rings. The number of hydrogen-bond acceptors (Lipinski definition) is 28. The minimum Gasteiger partial charge on any atom is -0.385 e. The van der Waals surface area contributed by atoms with Gasteiger partial charge in [0.1, 0.15) is 43.6 Å². The van der Waals surface area contributed by atoms with Crippen LogP contribution in [0.1, 0.15) is 102 Å². The molecular formula is C71H108N28O17. The molecule has 6 heterocycles. The van der Waals surface area contributed by atoms with Gasteiger partial charge in [-0.25, -0.2) is 19.6 Å². The number of hydrogen-bond donors (Lipinski definition) is 17. The van der Waals surface area contributed by atoms with Crippen LogP contribution in [0.3, 0.4) is 0 Å². The van der Waals surface area contributed by atoms with Crippen LogP contribution in [-0.4, -0.2) is 261 Å². The number of ketones is 2. The number of imidazole rings is 2. The lowest BCUT2D eigenvalue weighted by Gasteiger charge is -2.26. The molecule has 0 aliphatic rings. The normalized spacial score (nSPS) is 12.2. The molecule has 10 amide bonds. The Morgan fingerprint density at radius 3 is 1.31 bits per heavy atom. The van der Waals surface area contributed by atoms with Crippen molar-refractivity contribution in [3.05, 3.63) is 101 Å². The van der Waals surface area contributed by atoms with Gasteiger partial charge in [-0.05, 0) is 90.4 Å². The van der Waals surface area contributed by atoms with Crippen molar-refractivity contribution >= 4 is 110 Å². The Kier molecular flexibility index (Phi) is 37.3. The molecule has 4 atom stereocenters. The molecule has 0 aromatic carbocycles.